The fourth-order valence-electron chi connectivity index (χ4n) is 3.23. The number of hydrogen-bond acceptors (Lipinski definition) is 5. The second-order valence-electron chi connectivity index (χ2n) is 6.46. The molecule has 2 heterocycles. The first-order valence-electron chi connectivity index (χ1n) is 9.05. The van der Waals surface area contributed by atoms with E-state index in [4.69, 9.17) is 20.9 Å². The molecular formula is C19H27ClIN5O2. The van der Waals surface area contributed by atoms with Crippen molar-refractivity contribution in [2.24, 2.45) is 4.99 Å². The number of methoxy groups -OCH3 is 1. The minimum Gasteiger partial charge on any atom is -0.375 e. The molecule has 28 heavy (non-hydrogen) atoms. The molecule has 1 atom stereocenters. The molecule has 1 aromatic heterocycles. The highest BCUT2D eigenvalue weighted by Crippen LogP contribution is 2.20. The van der Waals surface area contributed by atoms with Gasteiger partial charge in [0, 0.05) is 64.5 Å². The van der Waals surface area contributed by atoms with E-state index in [2.05, 4.69) is 25.3 Å². The molecule has 0 radical (unpaired) electrons. The van der Waals surface area contributed by atoms with E-state index in [1.54, 1.807) is 13.4 Å². The molecule has 1 N–H and O–H groups in total. The number of benzene rings is 1. The molecule has 1 unspecified atom stereocenters. The van der Waals surface area contributed by atoms with Gasteiger partial charge >= 0.3 is 0 Å². The van der Waals surface area contributed by atoms with Crippen molar-refractivity contribution in [3.8, 4) is 0 Å². The Hall–Kier alpha value is -1.36. The zero-order chi connectivity index (χ0) is 19.1. The molecule has 0 spiro atoms. The predicted octanol–water partition coefficient (Wildman–Crippen LogP) is 3.03. The minimum absolute atomic E-state index is 0. The number of rotatable bonds is 6. The van der Waals surface area contributed by atoms with Crippen LogP contribution >= 0.6 is 35.6 Å². The summed E-state index contributed by atoms with van der Waals surface area (Å²) < 4.78 is 10.5. The number of piperazine rings is 1. The standard InChI is InChI=1S/C19H26ClN5O2.HI/c1-21-19(22-13-18(26-2)15-4-3-5-16(20)12-15)25-9-7-24(8-10-25)14-17-6-11-27-23-17;/h3-6,11-12,18H,7-10,13-14H2,1-2H3,(H,21,22);1H. The van der Waals surface area contributed by atoms with E-state index in [0.717, 1.165) is 49.9 Å². The number of halogens is 2. The Kier molecular flexibility index (Phi) is 9.49. The van der Waals surface area contributed by atoms with Crippen molar-refractivity contribution < 1.29 is 9.26 Å². The number of hydrogen-bond donors (Lipinski definition) is 1. The Morgan fingerprint density at radius 3 is 2.71 bits per heavy atom. The van der Waals surface area contributed by atoms with Crippen LogP contribution in [0.25, 0.3) is 0 Å². The number of aliphatic imine (C=N–C) groups is 1. The molecule has 1 saturated heterocycles. The van der Waals surface area contributed by atoms with Crippen LogP contribution in [0.4, 0.5) is 0 Å². The molecule has 9 heteroatoms. The van der Waals surface area contributed by atoms with Crippen molar-refractivity contribution in [1.29, 1.82) is 0 Å². The third-order valence-electron chi connectivity index (χ3n) is 4.71. The highest BCUT2D eigenvalue weighted by molar-refractivity contribution is 14.0. The molecule has 0 bridgehead atoms. The molecule has 1 aliphatic rings. The smallest absolute Gasteiger partial charge is 0.193 e. The topological polar surface area (TPSA) is 66.1 Å². The van der Waals surface area contributed by atoms with Crippen molar-refractivity contribution in [2.75, 3.05) is 46.9 Å². The number of nitrogens with one attached hydrogen (secondary N) is 1. The van der Waals surface area contributed by atoms with Crippen LogP contribution in [0.15, 0.2) is 46.1 Å². The maximum absolute atomic E-state index is 6.10. The number of guanidine groups is 1. The van der Waals surface area contributed by atoms with Crippen LogP contribution in [0.1, 0.15) is 17.4 Å². The summed E-state index contributed by atoms with van der Waals surface area (Å²) in [6.45, 7) is 5.17. The van der Waals surface area contributed by atoms with Gasteiger partial charge in [-0.2, -0.15) is 0 Å². The molecule has 7 nitrogen and oxygen atoms in total. The first-order chi connectivity index (χ1) is 13.2. The van der Waals surface area contributed by atoms with Gasteiger partial charge in [-0.15, -0.1) is 24.0 Å². The lowest BCUT2D eigenvalue weighted by atomic mass is 10.1. The van der Waals surface area contributed by atoms with Gasteiger partial charge in [0.25, 0.3) is 0 Å². The summed E-state index contributed by atoms with van der Waals surface area (Å²) >= 11 is 6.10. The Bertz CT molecular complexity index is 736. The van der Waals surface area contributed by atoms with E-state index >= 15 is 0 Å². The Labute approximate surface area is 188 Å². The van der Waals surface area contributed by atoms with Crippen LogP contribution in [0.5, 0.6) is 0 Å². The van der Waals surface area contributed by atoms with Gasteiger partial charge in [-0.25, -0.2) is 0 Å². The van der Waals surface area contributed by atoms with Crippen LogP contribution in [-0.4, -0.2) is 67.8 Å². The van der Waals surface area contributed by atoms with E-state index < -0.39 is 0 Å². The van der Waals surface area contributed by atoms with E-state index in [9.17, 15) is 0 Å². The molecule has 0 saturated carbocycles. The fourth-order valence-corrected chi connectivity index (χ4v) is 3.43. The molecule has 1 fully saturated rings. The van der Waals surface area contributed by atoms with Gasteiger partial charge in [-0.1, -0.05) is 28.9 Å². The van der Waals surface area contributed by atoms with Crippen molar-refractivity contribution >= 4 is 41.5 Å². The summed E-state index contributed by atoms with van der Waals surface area (Å²) in [5, 5.41) is 8.13. The first kappa shape index (κ1) is 22.9. The van der Waals surface area contributed by atoms with Gasteiger partial charge < -0.3 is 19.5 Å². The SMILES string of the molecule is CN=C(NCC(OC)c1cccc(Cl)c1)N1CCN(Cc2ccon2)CC1.I. The fraction of sp³-hybridized carbons (Fsp3) is 0.474. The van der Waals surface area contributed by atoms with E-state index in [1.807, 2.05) is 37.4 Å². The largest absolute Gasteiger partial charge is 0.375 e. The monoisotopic (exact) mass is 519 g/mol. The van der Waals surface area contributed by atoms with Crippen molar-refractivity contribution in [3.63, 3.8) is 0 Å². The maximum atomic E-state index is 6.10. The molecule has 1 aromatic carbocycles. The van der Waals surface area contributed by atoms with Gasteiger partial charge in [0.15, 0.2) is 5.96 Å². The Morgan fingerprint density at radius 1 is 1.32 bits per heavy atom. The zero-order valence-electron chi connectivity index (χ0n) is 16.2. The summed E-state index contributed by atoms with van der Waals surface area (Å²) in [4.78, 5) is 9.07. The van der Waals surface area contributed by atoms with Crippen molar-refractivity contribution in [1.82, 2.24) is 20.3 Å². The second-order valence-corrected chi connectivity index (χ2v) is 6.90. The quantitative estimate of drug-likeness (QED) is 0.360. The predicted molar refractivity (Wildman–Crippen MR) is 121 cm³/mol. The van der Waals surface area contributed by atoms with E-state index in [1.165, 1.54) is 0 Å². The lowest BCUT2D eigenvalue weighted by Gasteiger charge is -2.36. The maximum Gasteiger partial charge on any atom is 0.193 e. The Morgan fingerprint density at radius 2 is 2.11 bits per heavy atom. The average molecular weight is 520 g/mol. The molecular weight excluding hydrogens is 493 g/mol. The zero-order valence-corrected chi connectivity index (χ0v) is 19.3. The van der Waals surface area contributed by atoms with Gasteiger partial charge in [-0.3, -0.25) is 9.89 Å². The molecule has 0 amide bonds. The summed E-state index contributed by atoms with van der Waals surface area (Å²) in [5.41, 5.74) is 2.01. The lowest BCUT2D eigenvalue weighted by Crippen LogP contribution is -2.52. The lowest BCUT2D eigenvalue weighted by molar-refractivity contribution is 0.105. The molecule has 1 aliphatic heterocycles. The minimum atomic E-state index is -0.0890. The van der Waals surface area contributed by atoms with Crippen LogP contribution in [0, 0.1) is 0 Å². The number of aromatic nitrogens is 1. The molecule has 154 valence electrons. The summed E-state index contributed by atoms with van der Waals surface area (Å²) in [5.74, 6) is 0.889. The first-order valence-corrected chi connectivity index (χ1v) is 9.43. The van der Waals surface area contributed by atoms with Crippen molar-refractivity contribution in [2.45, 2.75) is 12.6 Å². The van der Waals surface area contributed by atoms with E-state index in [0.29, 0.717) is 11.6 Å². The summed E-state index contributed by atoms with van der Waals surface area (Å²) in [6.07, 6.45) is 1.53. The van der Waals surface area contributed by atoms with E-state index in [-0.39, 0.29) is 30.1 Å². The average Bonchev–Trinajstić information content (AvgIpc) is 3.19. The van der Waals surface area contributed by atoms with Crippen LogP contribution in [0.2, 0.25) is 5.02 Å². The third-order valence-corrected chi connectivity index (χ3v) is 4.95. The van der Waals surface area contributed by atoms with Gasteiger partial charge in [0.1, 0.15) is 6.26 Å². The highest BCUT2D eigenvalue weighted by Gasteiger charge is 2.21. The highest BCUT2D eigenvalue weighted by atomic mass is 127. The van der Waals surface area contributed by atoms with Crippen LogP contribution in [0.3, 0.4) is 0 Å². The summed E-state index contributed by atoms with van der Waals surface area (Å²) in [6, 6.07) is 9.67. The van der Waals surface area contributed by atoms with Gasteiger partial charge in [0.05, 0.1) is 11.8 Å². The Balaban J connectivity index is 0.00000280. The molecule has 2 aromatic rings. The van der Waals surface area contributed by atoms with Gasteiger partial charge in [0.2, 0.25) is 0 Å². The van der Waals surface area contributed by atoms with Crippen molar-refractivity contribution in [3.05, 3.63) is 52.9 Å². The number of ether oxygens (including phenoxy) is 1. The molecule has 0 aliphatic carbocycles. The summed E-state index contributed by atoms with van der Waals surface area (Å²) in [7, 11) is 3.52. The number of nitrogens with zero attached hydrogens (tertiary/aromatic N) is 4. The van der Waals surface area contributed by atoms with Gasteiger partial charge in [-0.05, 0) is 17.7 Å². The second kappa shape index (κ2) is 11.6. The van der Waals surface area contributed by atoms with Crippen LogP contribution < -0.4 is 5.32 Å². The normalized spacial score (nSPS) is 16.5. The molecule has 3 rings (SSSR count). The van der Waals surface area contributed by atoms with Crippen LogP contribution in [-0.2, 0) is 11.3 Å². The third kappa shape index (κ3) is 6.33.